The van der Waals surface area contributed by atoms with Gasteiger partial charge in [-0.05, 0) is 6.42 Å². The Bertz CT molecular complexity index is 153. The van der Waals surface area contributed by atoms with Gasteiger partial charge in [0.25, 0.3) is 0 Å². The molecule has 2 heterocycles. The van der Waals surface area contributed by atoms with Gasteiger partial charge in [-0.2, -0.15) is 0 Å². The molecule has 0 unspecified atom stereocenters. The molecule has 3 nitrogen and oxygen atoms in total. The van der Waals surface area contributed by atoms with E-state index in [0.29, 0.717) is 6.61 Å². The van der Waals surface area contributed by atoms with Crippen molar-refractivity contribution in [1.29, 1.82) is 0 Å². The Morgan fingerprint density at radius 2 is 2.18 bits per heavy atom. The van der Waals surface area contributed by atoms with Gasteiger partial charge in [0.05, 0.1) is 6.61 Å². The number of hydrogen-bond acceptors (Lipinski definition) is 3. The van der Waals surface area contributed by atoms with Gasteiger partial charge in [-0.3, -0.25) is 4.90 Å². The molecule has 0 aromatic rings. The zero-order valence-electron chi connectivity index (χ0n) is 6.41. The summed E-state index contributed by atoms with van der Waals surface area (Å²) in [6.07, 6.45) is 1.31. The van der Waals surface area contributed by atoms with Gasteiger partial charge >= 0.3 is 0 Å². The van der Waals surface area contributed by atoms with E-state index in [9.17, 15) is 0 Å². The van der Waals surface area contributed by atoms with Crippen molar-refractivity contribution in [1.82, 2.24) is 8.01 Å². The van der Waals surface area contributed by atoms with Crippen molar-refractivity contribution in [2.75, 3.05) is 26.2 Å². The number of aliphatic hydroxyl groups excluding tert-OH is 1. The summed E-state index contributed by atoms with van der Waals surface area (Å²) in [5.74, 6) is 0. The Labute approximate surface area is 80.8 Å². The molecule has 1 N–H and O–H groups in total. The lowest BCUT2D eigenvalue weighted by Crippen LogP contribution is -2.43. The summed E-state index contributed by atoms with van der Waals surface area (Å²) in [5.41, 5.74) is 0. The molecular weight excluding hydrogens is 255 g/mol. The number of piperazine rings is 1. The zero-order valence-corrected chi connectivity index (χ0v) is 8.57. The van der Waals surface area contributed by atoms with E-state index in [0.717, 1.165) is 25.2 Å². The fraction of sp³-hybridized carbons (Fsp3) is 1.00. The predicted molar refractivity (Wildman–Crippen MR) is 51.6 cm³/mol. The summed E-state index contributed by atoms with van der Waals surface area (Å²) in [6.45, 7) is 3.52. The van der Waals surface area contributed by atoms with E-state index in [1.54, 1.807) is 0 Å². The normalized spacial score (nSPS) is 38.7. The van der Waals surface area contributed by atoms with Crippen LogP contribution < -0.4 is 0 Å². The molecule has 2 atom stereocenters. The summed E-state index contributed by atoms with van der Waals surface area (Å²) in [5, 5.41) is 8.76. The maximum atomic E-state index is 8.76. The lowest BCUT2D eigenvalue weighted by Gasteiger charge is -2.29. The van der Waals surface area contributed by atoms with Gasteiger partial charge in [-0.15, -0.1) is 0 Å². The van der Waals surface area contributed by atoms with Crippen LogP contribution >= 0.6 is 22.9 Å². The van der Waals surface area contributed by atoms with E-state index in [1.165, 1.54) is 13.0 Å². The van der Waals surface area contributed by atoms with Crippen LogP contribution in [0.3, 0.4) is 0 Å². The van der Waals surface area contributed by atoms with Crippen LogP contribution in [0.2, 0.25) is 0 Å². The van der Waals surface area contributed by atoms with E-state index >= 15 is 0 Å². The maximum Gasteiger partial charge on any atom is 0.0558 e. The topological polar surface area (TPSA) is 26.7 Å². The number of nitrogens with zero attached hydrogens (tertiary/aromatic N) is 2. The van der Waals surface area contributed by atoms with Crippen LogP contribution in [-0.2, 0) is 0 Å². The van der Waals surface area contributed by atoms with Crippen LogP contribution in [0.1, 0.15) is 6.42 Å². The first-order chi connectivity index (χ1) is 5.31. The van der Waals surface area contributed by atoms with Gasteiger partial charge in [0, 0.05) is 54.6 Å². The van der Waals surface area contributed by atoms with Gasteiger partial charge < -0.3 is 5.11 Å². The second-order valence-electron chi connectivity index (χ2n) is 3.34. The minimum atomic E-state index is 0.310. The minimum absolute atomic E-state index is 0.310. The average molecular weight is 268 g/mol. The molecule has 0 aliphatic carbocycles. The number of rotatable bonds is 2. The van der Waals surface area contributed by atoms with Crippen LogP contribution in [0.5, 0.6) is 0 Å². The van der Waals surface area contributed by atoms with Gasteiger partial charge in [-0.1, -0.05) is 0 Å². The first-order valence-corrected chi connectivity index (χ1v) is 5.05. The van der Waals surface area contributed by atoms with Gasteiger partial charge in [0.2, 0.25) is 0 Å². The lowest BCUT2D eigenvalue weighted by molar-refractivity contribution is 0.154. The molecule has 11 heavy (non-hydrogen) atoms. The van der Waals surface area contributed by atoms with Crippen LogP contribution in [-0.4, -0.2) is 51.4 Å². The molecule has 4 heteroatoms. The summed E-state index contributed by atoms with van der Waals surface area (Å²) in [6, 6.07) is 1.48. The molecule has 0 aromatic carbocycles. The number of aliphatic hydroxyl groups is 1. The Balaban J connectivity index is 1.92. The van der Waals surface area contributed by atoms with Gasteiger partial charge in [0.1, 0.15) is 0 Å². The largest absolute Gasteiger partial charge is 0.395 e. The van der Waals surface area contributed by atoms with E-state index in [4.69, 9.17) is 5.11 Å². The van der Waals surface area contributed by atoms with Crippen molar-refractivity contribution < 1.29 is 5.11 Å². The Morgan fingerprint density at radius 1 is 1.36 bits per heavy atom. The molecule has 0 spiro atoms. The number of hydrogen-bond donors (Lipinski definition) is 1. The van der Waals surface area contributed by atoms with Crippen molar-refractivity contribution in [3.63, 3.8) is 0 Å². The molecular formula is C7H13IN2O. The Morgan fingerprint density at radius 3 is 2.64 bits per heavy atom. The van der Waals surface area contributed by atoms with E-state index in [-0.39, 0.29) is 0 Å². The Hall–Kier alpha value is 0.610. The molecule has 2 fully saturated rings. The van der Waals surface area contributed by atoms with Crippen LogP contribution in [0, 0.1) is 0 Å². The first kappa shape index (κ1) is 8.22. The summed E-state index contributed by atoms with van der Waals surface area (Å²) in [7, 11) is 0. The number of likely N-dealkylation sites (tertiary alicyclic amines) is 1. The second kappa shape index (κ2) is 3.16. The smallest absolute Gasteiger partial charge is 0.0558 e. The van der Waals surface area contributed by atoms with E-state index < -0.39 is 0 Å². The molecule has 0 saturated carbocycles. The standard InChI is InChI=1S/C7H13IN2O/c8-10-5-6-3-7(10)4-9(6)1-2-11/h6-7,11H,1-5H2/t6-,7-/m1/s1. The van der Waals surface area contributed by atoms with Crippen LogP contribution in [0.15, 0.2) is 0 Å². The van der Waals surface area contributed by atoms with Crippen molar-refractivity contribution in [2.45, 2.75) is 18.5 Å². The van der Waals surface area contributed by atoms with Crippen molar-refractivity contribution in [2.24, 2.45) is 0 Å². The summed E-state index contributed by atoms with van der Waals surface area (Å²) >= 11 is 2.41. The fourth-order valence-corrected chi connectivity index (χ4v) is 2.96. The monoisotopic (exact) mass is 268 g/mol. The molecule has 2 rings (SSSR count). The second-order valence-corrected chi connectivity index (χ2v) is 4.58. The van der Waals surface area contributed by atoms with Gasteiger partial charge in [-0.25, -0.2) is 3.11 Å². The fourth-order valence-electron chi connectivity index (χ4n) is 2.10. The molecule has 0 radical (unpaired) electrons. The summed E-state index contributed by atoms with van der Waals surface area (Å²) < 4.78 is 2.40. The molecule has 2 aliphatic rings. The van der Waals surface area contributed by atoms with Crippen molar-refractivity contribution in [3.8, 4) is 0 Å². The zero-order chi connectivity index (χ0) is 7.84. The predicted octanol–water partition coefficient (Wildman–Crippen LogP) is 0.0872. The number of halogens is 1. The van der Waals surface area contributed by atoms with Crippen molar-refractivity contribution >= 4 is 22.9 Å². The van der Waals surface area contributed by atoms with Gasteiger partial charge in [0.15, 0.2) is 0 Å². The molecule has 2 bridgehead atoms. The highest BCUT2D eigenvalue weighted by Crippen LogP contribution is 2.32. The third-order valence-corrected chi connectivity index (χ3v) is 3.86. The first-order valence-electron chi connectivity index (χ1n) is 4.08. The highest BCUT2D eigenvalue weighted by molar-refractivity contribution is 14.1. The molecule has 64 valence electrons. The van der Waals surface area contributed by atoms with Crippen LogP contribution in [0.4, 0.5) is 0 Å². The molecule has 2 aliphatic heterocycles. The number of β-amino-alcohol motifs (C(OH)–C–C–N with tert-alkyl or cyclic N) is 1. The highest BCUT2D eigenvalue weighted by Gasteiger charge is 2.41. The quantitative estimate of drug-likeness (QED) is 0.568. The summed E-state index contributed by atoms with van der Waals surface area (Å²) in [4.78, 5) is 2.40. The third-order valence-electron chi connectivity index (χ3n) is 2.67. The van der Waals surface area contributed by atoms with E-state index in [2.05, 4.69) is 30.9 Å². The minimum Gasteiger partial charge on any atom is -0.395 e. The number of fused-ring (bicyclic) bond motifs is 2. The molecule has 0 amide bonds. The Kier molecular flexibility index (Phi) is 2.36. The molecule has 0 aromatic heterocycles. The van der Waals surface area contributed by atoms with E-state index in [1.807, 2.05) is 0 Å². The lowest BCUT2D eigenvalue weighted by atomic mass is 10.2. The highest BCUT2D eigenvalue weighted by atomic mass is 127. The SMILES string of the molecule is OCCN1C[C@H]2C[C@@H]1CN2I. The van der Waals surface area contributed by atoms with Crippen molar-refractivity contribution in [3.05, 3.63) is 0 Å². The third kappa shape index (κ3) is 1.41. The average Bonchev–Trinajstić information content (AvgIpc) is 2.47. The van der Waals surface area contributed by atoms with Crippen LogP contribution in [0.25, 0.3) is 0 Å². The molecule has 2 saturated heterocycles. The maximum absolute atomic E-state index is 8.76.